The lowest BCUT2D eigenvalue weighted by Crippen LogP contribution is -2.41. The van der Waals surface area contributed by atoms with E-state index in [0.717, 1.165) is 92.9 Å². The fraction of sp³-hybridized carbons (Fsp3) is 0.385. The number of nitrogens with one attached hydrogen (secondary N) is 3. The number of amides is 2. The van der Waals surface area contributed by atoms with E-state index in [9.17, 15) is 18.4 Å². The molecule has 7 aliphatic rings. The number of aromatic hydroxyl groups is 1. The highest BCUT2D eigenvalue weighted by Gasteiger charge is 2.45. The first-order valence-corrected chi connectivity index (χ1v) is 25.4. The number of hydrogen-bond donors (Lipinski definition) is 6. The van der Waals surface area contributed by atoms with Gasteiger partial charge in [0.2, 0.25) is 5.28 Å². The summed E-state index contributed by atoms with van der Waals surface area (Å²) in [4.78, 5) is 58.5. The number of hydrogen-bond acceptors (Lipinski definition) is 15. The monoisotopic (exact) mass is 1130 g/mol. The highest BCUT2D eigenvalue weighted by atomic mass is 35.5. The van der Waals surface area contributed by atoms with E-state index in [-0.39, 0.29) is 57.7 Å². The topological polar surface area (TPSA) is 243 Å². The number of aryl methyl sites for hydroxylation is 1. The fourth-order valence-electron chi connectivity index (χ4n) is 11.6. The number of nitrogens with two attached hydrogens (primary N) is 2. The summed E-state index contributed by atoms with van der Waals surface area (Å²) in [6, 6.07) is 11.1. The largest absolute Gasteiger partial charge is 0.506 e. The zero-order valence-corrected chi connectivity index (χ0v) is 42.5. The van der Waals surface area contributed by atoms with Crippen LogP contribution in [0.4, 0.5) is 20.3 Å². The van der Waals surface area contributed by atoms with Crippen LogP contribution < -0.4 is 31.7 Å². The molecule has 22 heteroatoms. The number of carbonyl (C=O) groups excluding carboxylic acids is 2. The van der Waals surface area contributed by atoms with Crippen molar-refractivity contribution in [3.63, 3.8) is 0 Å². The maximum atomic E-state index is 14.6. The lowest BCUT2D eigenvalue weighted by molar-refractivity contribution is 0.0809. The Morgan fingerprint density at radius 1 is 0.865 bits per heavy atom. The molecule has 2 saturated carbocycles. The Morgan fingerprint density at radius 3 is 2.22 bits per heavy atom. The molecular formula is C52H96Cl2F2N14O4. The minimum atomic E-state index is -0.322. The Balaban J connectivity index is -0.000000131. The third-order valence-electron chi connectivity index (χ3n) is 15.3. The van der Waals surface area contributed by atoms with Crippen molar-refractivity contribution in [1.29, 1.82) is 0 Å². The van der Waals surface area contributed by atoms with Crippen molar-refractivity contribution in [2.75, 3.05) is 44.4 Å². The molecular weight excluding hydrogens is 994 g/mol. The second-order valence-corrected chi connectivity index (χ2v) is 20.7. The molecule has 7 aromatic rings. The first-order chi connectivity index (χ1) is 56.5. The van der Waals surface area contributed by atoms with Crippen LogP contribution in [0.5, 0.6) is 17.5 Å². The summed E-state index contributed by atoms with van der Waals surface area (Å²) in [7, 11) is 5.20. The SMILES string of the molecule is CCc1cc(F)cc2c1[nH]c1nc(Oc3cnc4c(c3)C(=O)N(C)C4)nc(N3C[C@H]4C[C@@H]3C[C@H]4N)c12.CN1Cc2ncc(O)cc2C1=O.CNc1cc(F)cc2c1Cc1nc(Cl)nc(Cl)c1-2.N[C@@H]1C[C@H]2CC1CN2.[2H][2H].[2H][2H].[2H][2H].[2H][2H].[2H][2H].[2H][2H].[2H][2H].[2H][2H].[2H][2H].[2H][2H].[2H][2H].[2H][2H].[2H][2H].[2H][2H].[2H][2H].[2H][2H].[2H][2H].[2H][2H].[2H][2H].[2H][2H].[2H][2H]. The quantitative estimate of drug-likeness (QED) is 0.0693. The number of piperidine rings is 2. The van der Waals surface area contributed by atoms with Crippen molar-refractivity contribution in [1.82, 2.24) is 50.0 Å². The highest BCUT2D eigenvalue weighted by molar-refractivity contribution is 6.34. The Bertz CT molecular complexity index is 3520. The summed E-state index contributed by atoms with van der Waals surface area (Å²) < 4.78 is 244. The molecule has 4 aliphatic heterocycles. The van der Waals surface area contributed by atoms with Crippen molar-refractivity contribution in [3.8, 4) is 28.6 Å². The molecule has 14 rings (SSSR count). The number of nitrogens with zero attached hydrogens (tertiary/aromatic N) is 9. The third-order valence-corrected chi connectivity index (χ3v) is 15.7. The third kappa shape index (κ3) is 9.05. The fourth-order valence-corrected chi connectivity index (χ4v) is 12.1. The van der Waals surface area contributed by atoms with Crippen LogP contribution >= 0.6 is 23.2 Å². The van der Waals surface area contributed by atoms with Crippen molar-refractivity contribution in [2.45, 2.75) is 82.7 Å². The van der Waals surface area contributed by atoms with E-state index < -0.39 is 0 Å². The van der Waals surface area contributed by atoms with Crippen molar-refractivity contribution >= 4 is 68.5 Å². The van der Waals surface area contributed by atoms with E-state index in [1.165, 1.54) is 43.8 Å². The standard InChI is InChI=1S/C26H26FN7O2.C12H8Cl2FN3.C8H8N2O2.C6H12N2.21H2/c1-3-12-4-14(27)6-18-21-23(30-22(12)18)31-26(32-24(21)34-10-13-5-15(34)7-19(13)28)36-16-8-17-20(29-9-16)11-33(2)25(17)35;1-16-8-3-5(15)2-7-6(8)4-9-10(7)11(13)18-12(14)17-9;1-10-4-7-6(8(10)12)2-5(11)3-9-7;7-6-2-5-1-4(6)3-8-5;;;;;;;;;;;;;;;;;;;;;/h4,6,8-9,13,15,19H,3,5,7,10-11,28H2,1-2H3,(H,30,31,32);2-3,16H,4H2,1H3;2-3,11H,4H2,1H3;4-6,8H,1-3,7H2;21*1H/t13-,15-,19-;;;4?,5-,6-;;;;;;;;;;;;;;;;;;;;;/m1..1...................../s1/i;;;;21*1+1D. The number of H-pyrrole nitrogens is 1. The summed E-state index contributed by atoms with van der Waals surface area (Å²) in [5.41, 5.74) is 20.8. The van der Waals surface area contributed by atoms with Gasteiger partial charge in [-0.05, 0) is 115 Å². The Hall–Kier alpha value is -6.84. The van der Waals surface area contributed by atoms with Crippen molar-refractivity contribution in [3.05, 3.63) is 110 Å². The number of ether oxygens (including phenoxy) is 1. The van der Waals surface area contributed by atoms with E-state index in [0.29, 0.717) is 66.0 Å². The molecule has 5 aromatic heterocycles. The van der Waals surface area contributed by atoms with Crippen LogP contribution in [0.25, 0.3) is 33.1 Å². The number of benzene rings is 2. The molecule has 2 saturated heterocycles. The predicted molar refractivity (Wildman–Crippen MR) is 321 cm³/mol. The number of halogens is 4. The average Bonchev–Trinajstić information content (AvgIpc) is 1.58. The molecule has 3 aliphatic carbocycles. The molecule has 74 heavy (non-hydrogen) atoms. The molecule has 1 unspecified atom stereocenters. The minimum Gasteiger partial charge on any atom is -0.506 e. The second-order valence-electron chi connectivity index (χ2n) is 20.0. The lowest BCUT2D eigenvalue weighted by atomic mass is 10.0. The summed E-state index contributed by atoms with van der Waals surface area (Å²) in [5, 5.41) is 17.4. The predicted octanol–water partition coefficient (Wildman–Crippen LogP) is 12.3. The van der Waals surface area contributed by atoms with E-state index >= 15 is 0 Å². The van der Waals surface area contributed by atoms with Crippen LogP contribution in [0.15, 0.2) is 48.8 Å². The van der Waals surface area contributed by atoms with Crippen LogP contribution in [0, 0.1) is 23.5 Å². The van der Waals surface area contributed by atoms with Crippen LogP contribution in [0.3, 0.4) is 0 Å². The normalized spacial score (nSPS) is 24.5. The van der Waals surface area contributed by atoms with Crippen LogP contribution in [0.1, 0.15) is 144 Å². The summed E-state index contributed by atoms with van der Waals surface area (Å²) in [5.74, 6) is 1.59. The number of pyridine rings is 2. The van der Waals surface area contributed by atoms with Gasteiger partial charge in [-0.2, -0.15) is 9.97 Å². The molecule has 0 spiro atoms. The van der Waals surface area contributed by atoms with Crippen molar-refractivity contribution < 1.29 is 90.6 Å². The molecule has 2 aromatic carbocycles. The Labute approximate surface area is 499 Å². The van der Waals surface area contributed by atoms with Gasteiger partial charge in [0.1, 0.15) is 39.8 Å². The highest BCUT2D eigenvalue weighted by Crippen LogP contribution is 2.45. The zero-order chi connectivity index (χ0) is 93.9. The molecule has 4 fully saturated rings. The molecule has 8 N–H and O–H groups in total. The number of aromatic nitrogens is 7. The molecule has 426 valence electrons. The summed E-state index contributed by atoms with van der Waals surface area (Å²) in [6.07, 6.45) is 8.66. The molecule has 4 bridgehead atoms. The zero-order valence-electron chi connectivity index (χ0n) is 83.0. The number of fused-ring (bicyclic) bond motifs is 12. The number of anilines is 2. The van der Waals surface area contributed by atoms with Crippen LogP contribution in [-0.4, -0.2) is 120 Å². The van der Waals surface area contributed by atoms with Gasteiger partial charge in [0, 0.05) is 137 Å². The first-order valence-electron chi connectivity index (χ1n) is 45.6. The summed E-state index contributed by atoms with van der Waals surface area (Å²) >= 11 is 11.9. The molecule has 0 radical (unpaired) electrons. The van der Waals surface area contributed by atoms with Crippen molar-refractivity contribution in [2.24, 2.45) is 23.3 Å². The van der Waals surface area contributed by atoms with Crippen LogP contribution in [0.2, 0.25) is 10.4 Å². The van der Waals surface area contributed by atoms with Gasteiger partial charge in [-0.1, -0.05) is 18.5 Å². The van der Waals surface area contributed by atoms with Gasteiger partial charge in [-0.15, -0.1) is 0 Å². The Kier molecular flexibility index (Phi) is 8.02. The van der Waals surface area contributed by atoms with Gasteiger partial charge in [0.25, 0.3) is 11.8 Å². The molecule has 6 atom stereocenters. The first kappa shape index (κ1) is 30.5. The van der Waals surface area contributed by atoms with E-state index in [1.54, 1.807) is 55.3 Å². The maximum absolute atomic E-state index is 14.6. The van der Waals surface area contributed by atoms with E-state index in [4.69, 9.17) is 112 Å². The maximum Gasteiger partial charge on any atom is 0.326 e. The minimum absolute atomic E-state index is 0.0393. The second kappa shape index (κ2) is 19.5. The van der Waals surface area contributed by atoms with Gasteiger partial charge in [0.05, 0.1) is 64.6 Å². The molecule has 9 heterocycles. The summed E-state index contributed by atoms with van der Waals surface area (Å²) in [6.45, 7) is 4.98. The van der Waals surface area contributed by atoms with Gasteiger partial charge in [-0.25, -0.2) is 18.7 Å². The van der Waals surface area contributed by atoms with Gasteiger partial charge < -0.3 is 51.6 Å². The Morgan fingerprint density at radius 2 is 1.58 bits per heavy atom. The van der Waals surface area contributed by atoms with Gasteiger partial charge >= 0.3 is 6.01 Å². The van der Waals surface area contributed by atoms with Gasteiger partial charge in [-0.3, -0.25) is 19.6 Å². The lowest BCUT2D eigenvalue weighted by Gasteiger charge is -2.31. The van der Waals surface area contributed by atoms with Gasteiger partial charge in [0.15, 0.2) is 0 Å². The van der Waals surface area contributed by atoms with E-state index in [2.05, 4.69) is 45.4 Å². The molecule has 2 amide bonds. The number of carbonyl (C=O) groups is 2. The smallest absolute Gasteiger partial charge is 0.326 e. The van der Waals surface area contributed by atoms with Crippen LogP contribution in [-0.2, 0) is 25.9 Å². The average molecular weight is 1130 g/mol. The van der Waals surface area contributed by atoms with E-state index in [1.807, 2.05) is 6.92 Å². The number of aromatic amines is 1. The number of rotatable bonds is 5. The molecule has 18 nitrogen and oxygen atoms in total.